The number of benzene rings is 6. The van der Waals surface area contributed by atoms with Crippen molar-refractivity contribution in [3.63, 3.8) is 0 Å². The van der Waals surface area contributed by atoms with Crippen LogP contribution in [0.4, 0.5) is 0 Å². The first-order valence-electron chi connectivity index (χ1n) is 15.0. The van der Waals surface area contributed by atoms with Gasteiger partial charge in [-0.25, -0.2) is 0 Å². The molecule has 0 saturated carbocycles. The molecule has 1 aliphatic carbocycles. The maximum Gasteiger partial charge on any atom is 0.244 e. The number of rotatable bonds is 2. The lowest BCUT2D eigenvalue weighted by Gasteiger charge is -2.27. The Morgan fingerprint density at radius 1 is 0.525 bits per heavy atom. The van der Waals surface area contributed by atoms with Crippen molar-refractivity contribution in [1.29, 1.82) is 0 Å². The first-order valence-corrected chi connectivity index (χ1v) is 13.5. The van der Waals surface area contributed by atoms with Crippen molar-refractivity contribution in [2.75, 3.05) is 0 Å². The Morgan fingerprint density at radius 3 is 1.57 bits per heavy atom. The van der Waals surface area contributed by atoms with E-state index in [0.717, 1.165) is 66.8 Å². The van der Waals surface area contributed by atoms with Crippen molar-refractivity contribution in [3.8, 4) is 61.3 Å². The van der Waals surface area contributed by atoms with E-state index in [4.69, 9.17) is 4.11 Å². The van der Waals surface area contributed by atoms with Crippen LogP contribution in [0.5, 0.6) is 0 Å². The van der Waals surface area contributed by atoms with Gasteiger partial charge in [-0.05, 0) is 55.6 Å². The molecule has 0 radical (unpaired) electrons. The van der Waals surface area contributed by atoms with Crippen LogP contribution >= 0.6 is 0 Å². The number of imidazole rings is 1. The van der Waals surface area contributed by atoms with Gasteiger partial charge >= 0.3 is 0 Å². The van der Waals surface area contributed by atoms with Gasteiger partial charge in [-0.15, -0.1) is 0 Å². The lowest BCUT2D eigenvalue weighted by molar-refractivity contribution is -0.572. The smallest absolute Gasteiger partial charge is 0.244 e. The van der Waals surface area contributed by atoms with Gasteiger partial charge in [0.25, 0.3) is 0 Å². The average molecular weight is 514 g/mol. The van der Waals surface area contributed by atoms with Crippen molar-refractivity contribution in [1.82, 2.24) is 4.57 Å². The lowest BCUT2D eigenvalue weighted by Crippen LogP contribution is -2.29. The van der Waals surface area contributed by atoms with Crippen LogP contribution in [0.2, 0.25) is 0 Å². The van der Waals surface area contributed by atoms with Crippen LogP contribution in [0.1, 0.15) is 4.11 Å². The second-order valence-corrected chi connectivity index (χ2v) is 10.2. The molecule has 1 aromatic heterocycles. The summed E-state index contributed by atoms with van der Waals surface area (Å²) in [6.45, 7) is -2.46. The Balaban J connectivity index is 1.67. The summed E-state index contributed by atoms with van der Waals surface area (Å²) in [5, 5.41) is 0. The monoisotopic (exact) mass is 513 g/mol. The lowest BCUT2D eigenvalue weighted by atomic mass is 9.78. The first-order chi connectivity index (χ1) is 21.0. The van der Waals surface area contributed by atoms with Gasteiger partial charge in [0.05, 0.1) is 27.8 Å². The van der Waals surface area contributed by atoms with Gasteiger partial charge in [-0.2, -0.15) is 0 Å². The zero-order valence-corrected chi connectivity index (χ0v) is 21.7. The van der Waals surface area contributed by atoms with Gasteiger partial charge in [0.2, 0.25) is 6.33 Å². The van der Waals surface area contributed by atoms with Crippen LogP contribution in [0.15, 0.2) is 140 Å². The third-order valence-electron chi connectivity index (χ3n) is 7.94. The van der Waals surface area contributed by atoms with Crippen molar-refractivity contribution >= 4 is 11.0 Å². The second-order valence-electron chi connectivity index (χ2n) is 10.2. The molecule has 0 unspecified atom stereocenters. The van der Waals surface area contributed by atoms with E-state index in [-0.39, 0.29) is 0 Å². The molecule has 0 aliphatic heterocycles. The minimum atomic E-state index is -2.46. The molecule has 2 heteroatoms. The van der Waals surface area contributed by atoms with Crippen molar-refractivity contribution in [3.05, 3.63) is 146 Å². The molecule has 188 valence electrons. The predicted molar refractivity (Wildman–Crippen MR) is 164 cm³/mol. The van der Waals surface area contributed by atoms with Gasteiger partial charge in [0.15, 0.2) is 0 Å². The average Bonchev–Trinajstić information content (AvgIpc) is 3.44. The normalized spacial score (nSPS) is 13.1. The highest BCUT2D eigenvalue weighted by Crippen LogP contribution is 2.52. The molecule has 2 nitrogen and oxygen atoms in total. The third kappa shape index (κ3) is 3.33. The molecule has 0 N–H and O–H groups in total. The van der Waals surface area contributed by atoms with Gasteiger partial charge in [0.1, 0.15) is 0 Å². The van der Waals surface area contributed by atoms with Crippen LogP contribution in [0, 0.1) is 6.33 Å². The molecule has 0 fully saturated rings. The van der Waals surface area contributed by atoms with E-state index >= 15 is 0 Å². The Morgan fingerprint density at radius 2 is 1.00 bits per heavy atom. The number of nitrogens with zero attached hydrogens (tertiary/aromatic N) is 2. The van der Waals surface area contributed by atoms with Crippen molar-refractivity contribution < 1.29 is 8.68 Å². The van der Waals surface area contributed by atoms with E-state index < -0.39 is 6.98 Å². The zero-order valence-electron chi connectivity index (χ0n) is 24.7. The van der Waals surface area contributed by atoms with E-state index in [1.165, 1.54) is 4.57 Å². The number of aryl methyl sites for hydroxylation is 1. The predicted octanol–water partition coefficient (Wildman–Crippen LogP) is 8.90. The van der Waals surface area contributed by atoms with Gasteiger partial charge < -0.3 is 9.13 Å². The maximum absolute atomic E-state index is 8.66. The molecule has 0 atom stereocenters. The molecular weight excluding hydrogens is 484 g/mol. The molecule has 6 aromatic carbocycles. The highest BCUT2D eigenvalue weighted by atomic mass is 15.1. The molecule has 0 spiro atoms. The topological polar surface area (TPSA) is 8.81 Å². The summed E-state index contributed by atoms with van der Waals surface area (Å²) < 4.78 is 29.2. The van der Waals surface area contributed by atoms with Crippen LogP contribution < -0.4 is 4.57 Å². The second kappa shape index (κ2) is 8.93. The SMILES string of the molecule is [2H]C([2H])([2H])n1[c-][n+](-c2ccccc2)c2cc(-c3ccccc3)c3c(c21)-c1ccccc1-c1ccccc1-c1ccccc1-3. The van der Waals surface area contributed by atoms with Crippen molar-refractivity contribution in [2.45, 2.75) is 0 Å². The van der Waals surface area contributed by atoms with Crippen LogP contribution in [0.25, 0.3) is 72.4 Å². The number of hydrogen-bond acceptors (Lipinski definition) is 0. The molecule has 0 amide bonds. The minimum absolute atomic E-state index is 0.625. The summed E-state index contributed by atoms with van der Waals surface area (Å²) in [4.78, 5) is 0. The Hall–Kier alpha value is -5.21. The number of aromatic nitrogens is 2. The summed E-state index contributed by atoms with van der Waals surface area (Å²) in [7, 11) is 0. The van der Waals surface area contributed by atoms with Gasteiger partial charge in [0, 0.05) is 0 Å². The third-order valence-corrected chi connectivity index (χ3v) is 7.94. The maximum atomic E-state index is 8.66. The van der Waals surface area contributed by atoms with Crippen LogP contribution in [-0.4, -0.2) is 4.57 Å². The Kier molecular flexibility index (Phi) is 4.42. The standard InChI is InChI=1S/C38H26N2/c1-39-25-40(27-16-6-3-7-17-27)35-24-34(26-14-4-2-5-15-26)36-32-22-12-10-20-30(32)28-18-8-9-19-29(28)31-21-11-13-23-33(31)37(36)38(35)39/h2-24H,1H3/i1D3. The number of para-hydroxylation sites is 1. The molecule has 1 aliphatic rings. The highest BCUT2D eigenvalue weighted by molar-refractivity contribution is 6.13. The summed E-state index contributed by atoms with van der Waals surface area (Å²) in [6, 6.07) is 47.7. The van der Waals surface area contributed by atoms with Crippen LogP contribution in [0.3, 0.4) is 0 Å². The molecule has 7 aromatic rings. The highest BCUT2D eigenvalue weighted by Gasteiger charge is 2.27. The first kappa shape index (κ1) is 19.8. The summed E-state index contributed by atoms with van der Waals surface area (Å²) in [5.74, 6) is 0. The molecule has 1 heterocycles. The van der Waals surface area contributed by atoms with E-state index in [1.54, 1.807) is 0 Å². The summed E-state index contributed by atoms with van der Waals surface area (Å²) in [6.07, 6.45) is 3.26. The summed E-state index contributed by atoms with van der Waals surface area (Å²) >= 11 is 0. The minimum Gasteiger partial charge on any atom is -0.319 e. The number of hydrogen-bond donors (Lipinski definition) is 0. The van der Waals surface area contributed by atoms with E-state index in [2.05, 4.69) is 103 Å². The molecule has 8 rings (SSSR count). The van der Waals surface area contributed by atoms with Crippen LogP contribution in [-0.2, 0) is 6.98 Å². The largest absolute Gasteiger partial charge is 0.319 e. The fourth-order valence-electron chi connectivity index (χ4n) is 6.25. The molecule has 0 saturated heterocycles. The van der Waals surface area contributed by atoms with Gasteiger partial charge in [-0.1, -0.05) is 140 Å². The summed E-state index contributed by atoms with van der Waals surface area (Å²) in [5.41, 5.74) is 12.7. The molecule has 40 heavy (non-hydrogen) atoms. The van der Waals surface area contributed by atoms with Gasteiger partial charge in [-0.3, -0.25) is 0 Å². The Bertz CT molecular complexity index is 2160. The zero-order chi connectivity index (χ0) is 29.1. The molecule has 0 bridgehead atoms. The number of fused-ring (bicyclic) bond motifs is 10. The van der Waals surface area contributed by atoms with Crippen molar-refractivity contribution in [2.24, 2.45) is 6.98 Å². The fraction of sp³-hybridized carbons (Fsp3) is 0.0263. The fourth-order valence-corrected chi connectivity index (χ4v) is 6.25. The van der Waals surface area contributed by atoms with E-state index in [1.807, 2.05) is 47.0 Å². The Labute approximate surface area is 238 Å². The van der Waals surface area contributed by atoms with E-state index in [0.29, 0.717) is 5.52 Å². The molecular formula is C38H26N2. The van der Waals surface area contributed by atoms with E-state index in [9.17, 15) is 0 Å². The quantitative estimate of drug-likeness (QED) is 0.161.